The Hall–Kier alpha value is -2.32. The number of hydrogen-bond donors (Lipinski definition) is 1. The van der Waals surface area contributed by atoms with Gasteiger partial charge in [0.1, 0.15) is 23.8 Å². The number of hydrogen-bond acceptors (Lipinski definition) is 6. The highest BCUT2D eigenvalue weighted by molar-refractivity contribution is 5.92. The van der Waals surface area contributed by atoms with Crippen molar-refractivity contribution in [3.63, 3.8) is 0 Å². The molecule has 0 aromatic heterocycles. The highest BCUT2D eigenvalue weighted by Crippen LogP contribution is 2.19. The third-order valence-electron chi connectivity index (χ3n) is 3.32. The van der Waals surface area contributed by atoms with Crippen molar-refractivity contribution in [1.82, 2.24) is 9.80 Å². The topological polar surface area (TPSA) is 113 Å². The van der Waals surface area contributed by atoms with Gasteiger partial charge < -0.3 is 19.5 Å². The summed E-state index contributed by atoms with van der Waals surface area (Å²) in [5, 5.41) is 9.10. The van der Waals surface area contributed by atoms with Gasteiger partial charge >= 0.3 is 18.0 Å². The zero-order valence-electron chi connectivity index (χ0n) is 16.2. The second-order valence-electron chi connectivity index (χ2n) is 8.13. The van der Waals surface area contributed by atoms with Crippen LogP contribution in [-0.4, -0.2) is 75.7 Å². The van der Waals surface area contributed by atoms with E-state index in [2.05, 4.69) is 0 Å². The molecule has 1 atom stereocenters. The molecule has 1 N–H and O–H groups in total. The average molecular weight is 372 g/mol. The molecule has 2 amide bonds. The minimum absolute atomic E-state index is 0.0708. The second kappa shape index (κ2) is 7.92. The molecule has 0 aliphatic carbocycles. The van der Waals surface area contributed by atoms with Gasteiger partial charge in [0.2, 0.25) is 5.91 Å². The molecule has 0 radical (unpaired) electrons. The maximum absolute atomic E-state index is 12.6. The van der Waals surface area contributed by atoms with Crippen molar-refractivity contribution in [1.29, 1.82) is 0 Å². The van der Waals surface area contributed by atoms with E-state index in [9.17, 15) is 19.2 Å². The number of nitrogens with zero attached hydrogens (tertiary/aromatic N) is 2. The van der Waals surface area contributed by atoms with Crippen LogP contribution in [0.4, 0.5) is 4.79 Å². The van der Waals surface area contributed by atoms with Gasteiger partial charge in [0.25, 0.3) is 0 Å². The third-order valence-corrected chi connectivity index (χ3v) is 3.32. The van der Waals surface area contributed by atoms with E-state index < -0.39 is 47.6 Å². The molecule has 0 spiro atoms. The van der Waals surface area contributed by atoms with E-state index >= 15 is 0 Å². The van der Waals surface area contributed by atoms with Crippen LogP contribution < -0.4 is 0 Å². The fourth-order valence-corrected chi connectivity index (χ4v) is 2.43. The molecule has 9 heteroatoms. The minimum atomic E-state index is -1.23. The molecular weight excluding hydrogens is 344 g/mol. The first-order valence-corrected chi connectivity index (χ1v) is 8.41. The average Bonchev–Trinajstić information content (AvgIpc) is 2.38. The van der Waals surface area contributed by atoms with Gasteiger partial charge in [-0.1, -0.05) is 0 Å². The fourth-order valence-electron chi connectivity index (χ4n) is 2.43. The predicted molar refractivity (Wildman–Crippen MR) is 91.4 cm³/mol. The molecule has 1 aliphatic heterocycles. The largest absolute Gasteiger partial charge is 0.481 e. The summed E-state index contributed by atoms with van der Waals surface area (Å²) < 4.78 is 10.4. The van der Waals surface area contributed by atoms with Crippen LogP contribution in [0.3, 0.4) is 0 Å². The zero-order valence-corrected chi connectivity index (χ0v) is 16.2. The molecule has 0 aromatic carbocycles. The van der Waals surface area contributed by atoms with E-state index in [1.807, 2.05) is 0 Å². The monoisotopic (exact) mass is 372 g/mol. The molecule has 1 heterocycles. The number of carbonyl (C=O) groups is 4. The Balaban J connectivity index is 2.89. The van der Waals surface area contributed by atoms with Crippen LogP contribution >= 0.6 is 0 Å². The molecule has 0 bridgehead atoms. The molecule has 1 rings (SSSR count). The predicted octanol–water partition coefficient (Wildman–Crippen LogP) is 1.25. The van der Waals surface area contributed by atoms with Crippen LogP contribution in [0.2, 0.25) is 0 Å². The molecule has 26 heavy (non-hydrogen) atoms. The summed E-state index contributed by atoms with van der Waals surface area (Å²) in [6, 6.07) is -1.22. The first-order chi connectivity index (χ1) is 11.7. The number of amides is 2. The molecule has 0 saturated carbocycles. The first-order valence-electron chi connectivity index (χ1n) is 8.41. The van der Waals surface area contributed by atoms with Crippen LogP contribution in [-0.2, 0) is 23.9 Å². The lowest BCUT2D eigenvalue weighted by molar-refractivity contribution is -0.162. The molecule has 1 aliphatic rings. The lowest BCUT2D eigenvalue weighted by Gasteiger charge is -2.40. The highest BCUT2D eigenvalue weighted by atomic mass is 16.6. The maximum Gasteiger partial charge on any atom is 0.411 e. The Morgan fingerprint density at radius 2 is 1.58 bits per heavy atom. The van der Waals surface area contributed by atoms with E-state index in [4.69, 9.17) is 14.6 Å². The molecule has 148 valence electrons. The highest BCUT2D eigenvalue weighted by Gasteiger charge is 2.41. The molecule has 0 unspecified atom stereocenters. The fraction of sp³-hybridized carbons (Fsp3) is 0.765. The quantitative estimate of drug-likeness (QED) is 0.739. The number of carboxylic acid groups (broad SMARTS) is 1. The maximum atomic E-state index is 12.6. The van der Waals surface area contributed by atoms with Gasteiger partial charge in [-0.3, -0.25) is 19.3 Å². The van der Waals surface area contributed by atoms with Crippen molar-refractivity contribution in [3.05, 3.63) is 0 Å². The third kappa shape index (κ3) is 6.89. The number of aliphatic carboxylic acids is 1. The summed E-state index contributed by atoms with van der Waals surface area (Å²) in [7, 11) is 0. The van der Waals surface area contributed by atoms with E-state index in [0.29, 0.717) is 0 Å². The van der Waals surface area contributed by atoms with Crippen LogP contribution in [0.1, 0.15) is 48.0 Å². The van der Waals surface area contributed by atoms with E-state index in [1.54, 1.807) is 41.5 Å². The van der Waals surface area contributed by atoms with Crippen LogP contribution in [0.15, 0.2) is 0 Å². The van der Waals surface area contributed by atoms with Crippen LogP contribution in [0, 0.1) is 0 Å². The standard InChI is InChI=1S/C17H28N2O7/c1-16(2,3)25-13(22)10-18-7-8-19(15(24)26-17(4,5)6)11(14(18)23)9-12(20)21/h11H,7-10H2,1-6H3,(H,20,21)/t11-/m0/s1. The van der Waals surface area contributed by atoms with Crippen LogP contribution in [0.5, 0.6) is 0 Å². The summed E-state index contributed by atoms with van der Waals surface area (Å²) in [6.45, 7) is 10.0. The minimum Gasteiger partial charge on any atom is -0.481 e. The van der Waals surface area contributed by atoms with Crippen LogP contribution in [0.25, 0.3) is 0 Å². The number of ether oxygens (including phenoxy) is 2. The molecule has 1 fully saturated rings. The SMILES string of the molecule is CC(C)(C)OC(=O)CN1CCN(C(=O)OC(C)(C)C)[C@@H](CC(=O)O)C1=O. The Labute approximate surface area is 153 Å². The van der Waals surface area contributed by atoms with Crippen molar-refractivity contribution >= 4 is 23.9 Å². The molecule has 0 aromatic rings. The normalized spacial score (nSPS) is 18.5. The van der Waals surface area contributed by atoms with E-state index in [-0.39, 0.29) is 19.6 Å². The van der Waals surface area contributed by atoms with E-state index in [0.717, 1.165) is 4.90 Å². The number of rotatable bonds is 4. The van der Waals surface area contributed by atoms with Crippen molar-refractivity contribution in [2.75, 3.05) is 19.6 Å². The van der Waals surface area contributed by atoms with Crippen molar-refractivity contribution < 1.29 is 33.8 Å². The van der Waals surface area contributed by atoms with Gasteiger partial charge in [-0.25, -0.2) is 4.79 Å². The Bertz CT molecular complexity index is 575. The summed E-state index contributed by atoms with van der Waals surface area (Å²) in [4.78, 5) is 50.4. The van der Waals surface area contributed by atoms with Gasteiger partial charge in [0.05, 0.1) is 6.42 Å². The lowest BCUT2D eigenvalue weighted by Crippen LogP contribution is -2.60. The first kappa shape index (κ1) is 21.7. The van der Waals surface area contributed by atoms with Crippen molar-refractivity contribution in [2.45, 2.75) is 65.2 Å². The van der Waals surface area contributed by atoms with Crippen molar-refractivity contribution in [2.24, 2.45) is 0 Å². The zero-order chi connectivity index (χ0) is 20.3. The molecule has 9 nitrogen and oxygen atoms in total. The van der Waals surface area contributed by atoms with Gasteiger partial charge in [-0.05, 0) is 41.5 Å². The van der Waals surface area contributed by atoms with Gasteiger partial charge in [-0.15, -0.1) is 0 Å². The molecule has 1 saturated heterocycles. The summed E-state index contributed by atoms with van der Waals surface area (Å²) >= 11 is 0. The second-order valence-corrected chi connectivity index (χ2v) is 8.13. The number of piperazine rings is 1. The number of carboxylic acids is 1. The summed E-state index contributed by atoms with van der Waals surface area (Å²) in [5.41, 5.74) is -1.47. The Morgan fingerprint density at radius 3 is 2.04 bits per heavy atom. The smallest absolute Gasteiger partial charge is 0.411 e. The number of esters is 1. The van der Waals surface area contributed by atoms with Gasteiger partial charge in [0, 0.05) is 13.1 Å². The van der Waals surface area contributed by atoms with Gasteiger partial charge in [-0.2, -0.15) is 0 Å². The summed E-state index contributed by atoms with van der Waals surface area (Å²) in [5.74, 6) is -2.43. The molecular formula is C17H28N2O7. The van der Waals surface area contributed by atoms with Crippen molar-refractivity contribution in [3.8, 4) is 0 Å². The lowest BCUT2D eigenvalue weighted by atomic mass is 10.1. The Morgan fingerprint density at radius 1 is 1.04 bits per heavy atom. The summed E-state index contributed by atoms with van der Waals surface area (Å²) in [6.07, 6.45) is -1.32. The van der Waals surface area contributed by atoms with E-state index in [1.165, 1.54) is 4.90 Å². The Kier molecular flexibility index (Phi) is 6.62. The van der Waals surface area contributed by atoms with Gasteiger partial charge in [0.15, 0.2) is 0 Å². The number of carbonyl (C=O) groups excluding carboxylic acids is 3.